The number of benzene rings is 1. The molecule has 1 aromatic rings. The summed E-state index contributed by atoms with van der Waals surface area (Å²) < 4.78 is 24.3. The lowest BCUT2D eigenvalue weighted by Gasteiger charge is -2.14. The van der Waals surface area contributed by atoms with Crippen LogP contribution in [0.15, 0.2) is 18.2 Å². The Morgan fingerprint density at radius 2 is 2.10 bits per heavy atom. The van der Waals surface area contributed by atoms with Gasteiger partial charge in [-0.2, -0.15) is 0 Å². The molecule has 0 spiro atoms. The fraction of sp³-hybridized carbons (Fsp3) is 0.571. The van der Waals surface area contributed by atoms with Crippen molar-refractivity contribution in [3.05, 3.63) is 27.6 Å². The van der Waals surface area contributed by atoms with Crippen molar-refractivity contribution >= 4 is 28.3 Å². The molecule has 4 nitrogen and oxygen atoms in total. The molecular formula is C14H21FINO3. The number of anilines is 1. The van der Waals surface area contributed by atoms with Gasteiger partial charge in [0.15, 0.2) is 0 Å². The number of nitrogens with one attached hydrogen (secondary N) is 1. The lowest BCUT2D eigenvalue weighted by molar-refractivity contribution is -0.00734. The van der Waals surface area contributed by atoms with Crippen molar-refractivity contribution in [3.8, 4) is 0 Å². The highest BCUT2D eigenvalue weighted by atomic mass is 127. The molecule has 20 heavy (non-hydrogen) atoms. The number of hydrogen-bond donors (Lipinski definition) is 2. The van der Waals surface area contributed by atoms with E-state index in [0.717, 1.165) is 9.26 Å². The van der Waals surface area contributed by atoms with Gasteiger partial charge in [-0.05, 0) is 54.6 Å². The second kappa shape index (κ2) is 9.49. The first-order valence-electron chi connectivity index (χ1n) is 6.55. The van der Waals surface area contributed by atoms with Gasteiger partial charge in [0.2, 0.25) is 0 Å². The monoisotopic (exact) mass is 397 g/mol. The number of halogens is 2. The number of aliphatic hydroxyl groups excluding tert-OH is 1. The van der Waals surface area contributed by atoms with Crippen LogP contribution in [0.1, 0.15) is 13.8 Å². The molecule has 0 heterocycles. The largest absolute Gasteiger partial charge is 0.389 e. The Kier molecular flexibility index (Phi) is 8.35. The minimum atomic E-state index is -0.616. The van der Waals surface area contributed by atoms with Gasteiger partial charge in [0.25, 0.3) is 0 Å². The SMILES string of the molecule is CC(C)OCCOCC(O)CNc1ccc(F)cc1I. The molecule has 0 saturated carbocycles. The predicted molar refractivity (Wildman–Crippen MR) is 85.5 cm³/mol. The lowest BCUT2D eigenvalue weighted by atomic mass is 10.3. The van der Waals surface area contributed by atoms with Gasteiger partial charge in [-0.3, -0.25) is 0 Å². The van der Waals surface area contributed by atoms with Gasteiger partial charge in [-0.15, -0.1) is 0 Å². The van der Waals surface area contributed by atoms with Crippen LogP contribution in [0.5, 0.6) is 0 Å². The zero-order valence-electron chi connectivity index (χ0n) is 11.7. The van der Waals surface area contributed by atoms with Crippen molar-refractivity contribution in [2.24, 2.45) is 0 Å². The second-order valence-electron chi connectivity index (χ2n) is 4.65. The molecule has 0 saturated heterocycles. The molecular weight excluding hydrogens is 376 g/mol. The van der Waals surface area contributed by atoms with Crippen molar-refractivity contribution in [3.63, 3.8) is 0 Å². The first-order valence-corrected chi connectivity index (χ1v) is 7.63. The van der Waals surface area contributed by atoms with Crippen LogP contribution in [-0.4, -0.2) is 43.7 Å². The maximum Gasteiger partial charge on any atom is 0.124 e. The van der Waals surface area contributed by atoms with E-state index in [-0.39, 0.29) is 18.5 Å². The van der Waals surface area contributed by atoms with Crippen molar-refractivity contribution in [2.45, 2.75) is 26.1 Å². The van der Waals surface area contributed by atoms with Crippen LogP contribution < -0.4 is 5.32 Å². The summed E-state index contributed by atoms with van der Waals surface area (Å²) in [5.74, 6) is -0.269. The van der Waals surface area contributed by atoms with Crippen LogP contribution in [0.3, 0.4) is 0 Å². The van der Waals surface area contributed by atoms with E-state index in [9.17, 15) is 9.50 Å². The summed E-state index contributed by atoms with van der Waals surface area (Å²) in [6.45, 7) is 5.50. The lowest BCUT2D eigenvalue weighted by Crippen LogP contribution is -2.26. The molecule has 1 rings (SSSR count). The van der Waals surface area contributed by atoms with Crippen LogP contribution in [-0.2, 0) is 9.47 Å². The Bertz CT molecular complexity index is 404. The summed E-state index contributed by atoms with van der Waals surface area (Å²) in [6, 6.07) is 4.48. The van der Waals surface area contributed by atoms with E-state index in [2.05, 4.69) is 5.32 Å². The van der Waals surface area contributed by atoms with Crippen molar-refractivity contribution in [1.29, 1.82) is 0 Å². The maximum absolute atomic E-state index is 12.9. The van der Waals surface area contributed by atoms with E-state index in [4.69, 9.17) is 9.47 Å². The van der Waals surface area contributed by atoms with Crippen LogP contribution in [0, 0.1) is 9.39 Å². The molecule has 0 aliphatic carbocycles. The summed E-state index contributed by atoms with van der Waals surface area (Å²) in [5.41, 5.74) is 0.800. The summed E-state index contributed by atoms with van der Waals surface area (Å²) >= 11 is 2.05. The van der Waals surface area contributed by atoms with Gasteiger partial charge < -0.3 is 19.9 Å². The first-order chi connectivity index (χ1) is 9.49. The van der Waals surface area contributed by atoms with Crippen molar-refractivity contribution < 1.29 is 19.0 Å². The smallest absolute Gasteiger partial charge is 0.124 e. The zero-order chi connectivity index (χ0) is 15.0. The fourth-order valence-corrected chi connectivity index (χ4v) is 2.15. The molecule has 6 heteroatoms. The molecule has 0 aromatic heterocycles. The molecule has 0 aliphatic rings. The zero-order valence-corrected chi connectivity index (χ0v) is 13.9. The van der Waals surface area contributed by atoms with E-state index in [1.807, 2.05) is 36.4 Å². The van der Waals surface area contributed by atoms with E-state index < -0.39 is 6.10 Å². The van der Waals surface area contributed by atoms with Gasteiger partial charge in [0.1, 0.15) is 5.82 Å². The Morgan fingerprint density at radius 3 is 2.75 bits per heavy atom. The topological polar surface area (TPSA) is 50.7 Å². The molecule has 1 atom stereocenters. The molecule has 114 valence electrons. The van der Waals surface area contributed by atoms with E-state index in [0.29, 0.717) is 19.8 Å². The third-order valence-corrected chi connectivity index (χ3v) is 3.34. The van der Waals surface area contributed by atoms with Crippen LogP contribution in [0.4, 0.5) is 10.1 Å². The molecule has 0 radical (unpaired) electrons. The molecule has 0 fully saturated rings. The van der Waals surface area contributed by atoms with Crippen LogP contribution in [0.25, 0.3) is 0 Å². The van der Waals surface area contributed by atoms with E-state index >= 15 is 0 Å². The minimum absolute atomic E-state index is 0.186. The van der Waals surface area contributed by atoms with Crippen molar-refractivity contribution in [1.82, 2.24) is 0 Å². The Balaban J connectivity index is 2.18. The molecule has 0 aliphatic heterocycles. The van der Waals surface area contributed by atoms with Crippen molar-refractivity contribution in [2.75, 3.05) is 31.7 Å². The number of ether oxygens (including phenoxy) is 2. The molecule has 0 bridgehead atoms. The summed E-state index contributed by atoms with van der Waals surface area (Å²) in [7, 11) is 0. The highest BCUT2D eigenvalue weighted by Gasteiger charge is 2.06. The standard InChI is InChI=1S/C14H21FINO3/c1-10(2)20-6-5-19-9-12(18)8-17-14-4-3-11(15)7-13(14)16/h3-4,7,10,12,17-18H,5-6,8-9H2,1-2H3. The fourth-order valence-electron chi connectivity index (χ4n) is 1.48. The van der Waals surface area contributed by atoms with E-state index in [1.54, 1.807) is 6.07 Å². The quantitative estimate of drug-likeness (QED) is 0.497. The molecule has 2 N–H and O–H groups in total. The summed E-state index contributed by atoms with van der Waals surface area (Å²) in [6.07, 6.45) is -0.430. The van der Waals surface area contributed by atoms with Gasteiger partial charge in [0.05, 0.1) is 32.0 Å². The van der Waals surface area contributed by atoms with Crippen LogP contribution >= 0.6 is 22.6 Å². The average molecular weight is 397 g/mol. The van der Waals surface area contributed by atoms with Gasteiger partial charge in [0, 0.05) is 15.8 Å². The number of hydrogen-bond acceptors (Lipinski definition) is 4. The Hall–Kier alpha value is -0.440. The van der Waals surface area contributed by atoms with Gasteiger partial charge in [-0.25, -0.2) is 4.39 Å². The Morgan fingerprint density at radius 1 is 1.35 bits per heavy atom. The van der Waals surface area contributed by atoms with Gasteiger partial charge in [-0.1, -0.05) is 0 Å². The third kappa shape index (κ3) is 7.37. The highest BCUT2D eigenvalue weighted by Crippen LogP contribution is 2.18. The third-order valence-electron chi connectivity index (χ3n) is 2.45. The summed E-state index contributed by atoms with van der Waals surface area (Å²) in [5, 5.41) is 12.8. The normalized spacial score (nSPS) is 12.7. The maximum atomic E-state index is 12.9. The first kappa shape index (κ1) is 17.6. The number of rotatable bonds is 9. The predicted octanol–water partition coefficient (Wildman–Crippen LogP) is 2.64. The molecule has 1 unspecified atom stereocenters. The average Bonchev–Trinajstić information content (AvgIpc) is 2.37. The highest BCUT2D eigenvalue weighted by molar-refractivity contribution is 14.1. The second-order valence-corrected chi connectivity index (χ2v) is 5.82. The summed E-state index contributed by atoms with van der Waals surface area (Å²) in [4.78, 5) is 0. The van der Waals surface area contributed by atoms with Gasteiger partial charge >= 0.3 is 0 Å². The Labute approximate surface area is 132 Å². The van der Waals surface area contributed by atoms with E-state index in [1.165, 1.54) is 12.1 Å². The minimum Gasteiger partial charge on any atom is -0.389 e. The number of aliphatic hydroxyl groups is 1. The van der Waals surface area contributed by atoms with Crippen LogP contribution in [0.2, 0.25) is 0 Å². The molecule has 0 amide bonds. The molecule has 1 aromatic carbocycles.